The lowest BCUT2D eigenvalue weighted by Gasteiger charge is -2.34. The molecular weight excluding hydrogens is 229 g/mol. The van der Waals surface area contributed by atoms with Crippen LogP contribution in [-0.2, 0) is 7.05 Å². The van der Waals surface area contributed by atoms with Crippen LogP contribution in [-0.4, -0.2) is 16.6 Å². The van der Waals surface area contributed by atoms with Gasteiger partial charge in [0.25, 0.3) is 0 Å². The van der Waals surface area contributed by atoms with E-state index in [1.807, 2.05) is 27.1 Å². The third kappa shape index (κ3) is 1.32. The Morgan fingerprint density at radius 3 is 2.72 bits per heavy atom. The summed E-state index contributed by atoms with van der Waals surface area (Å²) in [6.45, 7) is 4.12. The number of anilines is 1. The molecule has 1 aromatic heterocycles. The summed E-state index contributed by atoms with van der Waals surface area (Å²) < 4.78 is 15.6. The van der Waals surface area contributed by atoms with Crippen molar-refractivity contribution in [2.45, 2.75) is 19.9 Å². The van der Waals surface area contributed by atoms with Gasteiger partial charge in [0.2, 0.25) is 0 Å². The summed E-state index contributed by atoms with van der Waals surface area (Å²) in [6.07, 6.45) is 0. The molecule has 1 unspecified atom stereocenters. The SMILES string of the molecule is Cc1nc2c(n1C)C(C)N(C)c1ccc(F)cc1-2. The molecule has 0 bridgehead atoms. The molecule has 0 amide bonds. The molecule has 94 valence electrons. The van der Waals surface area contributed by atoms with Gasteiger partial charge in [-0.1, -0.05) is 0 Å². The third-order valence-corrected chi connectivity index (χ3v) is 3.93. The van der Waals surface area contributed by atoms with E-state index in [0.29, 0.717) is 0 Å². The second-order valence-corrected chi connectivity index (χ2v) is 4.90. The average molecular weight is 245 g/mol. The zero-order valence-corrected chi connectivity index (χ0v) is 11.0. The lowest BCUT2D eigenvalue weighted by atomic mass is 9.97. The van der Waals surface area contributed by atoms with E-state index in [0.717, 1.165) is 28.5 Å². The highest BCUT2D eigenvalue weighted by Gasteiger charge is 2.30. The molecule has 0 aliphatic carbocycles. The summed E-state index contributed by atoms with van der Waals surface area (Å²) >= 11 is 0. The van der Waals surface area contributed by atoms with Crippen molar-refractivity contribution in [2.24, 2.45) is 7.05 Å². The first-order valence-corrected chi connectivity index (χ1v) is 6.06. The highest BCUT2D eigenvalue weighted by Crippen LogP contribution is 2.43. The quantitative estimate of drug-likeness (QED) is 0.711. The molecule has 18 heavy (non-hydrogen) atoms. The molecule has 4 heteroatoms. The molecule has 0 saturated heterocycles. The molecule has 1 aliphatic rings. The molecular formula is C14H16FN3. The van der Waals surface area contributed by atoms with Crippen molar-refractivity contribution in [1.29, 1.82) is 0 Å². The minimum atomic E-state index is -0.217. The number of aromatic nitrogens is 2. The minimum Gasteiger partial charge on any atom is -0.366 e. The second kappa shape index (κ2) is 3.57. The normalized spacial score (nSPS) is 17.6. The standard InChI is InChI=1S/C14H16FN3/c1-8-14-13(16-9(2)18(14)4)11-7-10(15)5-6-12(11)17(8)3/h5-8H,1-4H3. The van der Waals surface area contributed by atoms with Crippen LogP contribution in [0.2, 0.25) is 0 Å². The highest BCUT2D eigenvalue weighted by molar-refractivity contribution is 5.81. The molecule has 2 aromatic rings. The Hall–Kier alpha value is -1.84. The van der Waals surface area contributed by atoms with Gasteiger partial charge in [0.15, 0.2) is 0 Å². The maximum atomic E-state index is 13.5. The average Bonchev–Trinajstić information content (AvgIpc) is 2.63. The maximum absolute atomic E-state index is 13.5. The summed E-state index contributed by atoms with van der Waals surface area (Å²) in [5.74, 6) is 0.739. The van der Waals surface area contributed by atoms with Gasteiger partial charge in [0, 0.05) is 25.3 Å². The smallest absolute Gasteiger partial charge is 0.124 e. The van der Waals surface area contributed by atoms with Crippen molar-refractivity contribution in [3.05, 3.63) is 35.5 Å². The van der Waals surface area contributed by atoms with Gasteiger partial charge in [-0.2, -0.15) is 0 Å². The molecule has 1 aromatic carbocycles. The Balaban J connectivity index is 2.36. The summed E-state index contributed by atoms with van der Waals surface area (Å²) in [4.78, 5) is 6.75. The molecule has 3 nitrogen and oxygen atoms in total. The van der Waals surface area contributed by atoms with Crippen LogP contribution in [0.5, 0.6) is 0 Å². The first-order chi connectivity index (χ1) is 8.50. The predicted octanol–water partition coefficient (Wildman–Crippen LogP) is 3.05. The fraction of sp³-hybridized carbons (Fsp3) is 0.357. The predicted molar refractivity (Wildman–Crippen MR) is 70.2 cm³/mol. The molecule has 0 spiro atoms. The van der Waals surface area contributed by atoms with Crippen LogP contribution in [0.1, 0.15) is 24.5 Å². The van der Waals surface area contributed by atoms with Crippen molar-refractivity contribution >= 4 is 5.69 Å². The zero-order chi connectivity index (χ0) is 13.0. The highest BCUT2D eigenvalue weighted by atomic mass is 19.1. The van der Waals surface area contributed by atoms with Gasteiger partial charge in [-0.25, -0.2) is 9.37 Å². The van der Waals surface area contributed by atoms with E-state index in [-0.39, 0.29) is 11.9 Å². The van der Waals surface area contributed by atoms with Gasteiger partial charge in [0.05, 0.1) is 17.4 Å². The Kier molecular flexibility index (Phi) is 2.24. The number of fused-ring (bicyclic) bond motifs is 3. The van der Waals surface area contributed by atoms with Gasteiger partial charge in [-0.3, -0.25) is 0 Å². The van der Waals surface area contributed by atoms with Gasteiger partial charge in [-0.05, 0) is 32.0 Å². The van der Waals surface area contributed by atoms with Crippen LogP contribution in [0.25, 0.3) is 11.3 Å². The van der Waals surface area contributed by atoms with Crippen molar-refractivity contribution < 1.29 is 4.39 Å². The summed E-state index contributed by atoms with van der Waals surface area (Å²) in [7, 11) is 4.04. The first-order valence-electron chi connectivity index (χ1n) is 6.06. The van der Waals surface area contributed by atoms with E-state index in [9.17, 15) is 4.39 Å². The van der Waals surface area contributed by atoms with E-state index in [1.165, 1.54) is 6.07 Å². The summed E-state index contributed by atoms with van der Waals surface area (Å²) in [5.41, 5.74) is 3.98. The molecule has 0 saturated carbocycles. The number of hydrogen-bond donors (Lipinski definition) is 0. The number of hydrogen-bond acceptors (Lipinski definition) is 2. The van der Waals surface area contributed by atoms with Crippen LogP contribution >= 0.6 is 0 Å². The molecule has 2 heterocycles. The number of halogens is 1. The number of rotatable bonds is 0. The van der Waals surface area contributed by atoms with Gasteiger partial charge < -0.3 is 9.47 Å². The van der Waals surface area contributed by atoms with Crippen molar-refractivity contribution in [3.63, 3.8) is 0 Å². The van der Waals surface area contributed by atoms with E-state index in [1.54, 1.807) is 6.07 Å². The van der Waals surface area contributed by atoms with E-state index in [4.69, 9.17) is 0 Å². The fourth-order valence-corrected chi connectivity index (χ4v) is 2.70. The fourth-order valence-electron chi connectivity index (χ4n) is 2.70. The van der Waals surface area contributed by atoms with Crippen molar-refractivity contribution in [2.75, 3.05) is 11.9 Å². The van der Waals surface area contributed by atoms with Gasteiger partial charge in [0.1, 0.15) is 11.6 Å². The number of aryl methyl sites for hydroxylation is 1. The molecule has 0 N–H and O–H groups in total. The van der Waals surface area contributed by atoms with Crippen LogP contribution in [0.4, 0.5) is 10.1 Å². The van der Waals surface area contributed by atoms with Crippen LogP contribution in [0.3, 0.4) is 0 Å². The second-order valence-electron chi connectivity index (χ2n) is 4.90. The topological polar surface area (TPSA) is 21.1 Å². The Labute approximate surface area is 106 Å². The molecule has 1 aliphatic heterocycles. The number of benzene rings is 1. The molecule has 0 fully saturated rings. The molecule has 0 radical (unpaired) electrons. The summed E-state index contributed by atoms with van der Waals surface area (Å²) in [5, 5.41) is 0. The Morgan fingerprint density at radius 1 is 1.28 bits per heavy atom. The molecule has 3 rings (SSSR count). The van der Waals surface area contributed by atoms with Crippen LogP contribution < -0.4 is 4.90 Å². The zero-order valence-electron chi connectivity index (χ0n) is 11.0. The van der Waals surface area contributed by atoms with Crippen LogP contribution in [0.15, 0.2) is 18.2 Å². The molecule has 1 atom stereocenters. The van der Waals surface area contributed by atoms with E-state index in [2.05, 4.69) is 21.4 Å². The lowest BCUT2D eigenvalue weighted by molar-refractivity contribution is 0.624. The van der Waals surface area contributed by atoms with Crippen molar-refractivity contribution in [3.8, 4) is 11.3 Å². The van der Waals surface area contributed by atoms with Crippen LogP contribution in [0, 0.1) is 12.7 Å². The number of nitrogens with zero attached hydrogens (tertiary/aromatic N) is 3. The van der Waals surface area contributed by atoms with E-state index < -0.39 is 0 Å². The Bertz CT molecular complexity index is 630. The maximum Gasteiger partial charge on any atom is 0.124 e. The first kappa shape index (κ1) is 11.3. The van der Waals surface area contributed by atoms with Gasteiger partial charge in [-0.15, -0.1) is 0 Å². The van der Waals surface area contributed by atoms with Gasteiger partial charge >= 0.3 is 0 Å². The monoisotopic (exact) mass is 245 g/mol. The summed E-state index contributed by atoms with van der Waals surface area (Å²) in [6, 6.07) is 5.14. The number of imidazole rings is 1. The third-order valence-electron chi connectivity index (χ3n) is 3.93. The van der Waals surface area contributed by atoms with Crippen molar-refractivity contribution in [1.82, 2.24) is 9.55 Å². The van der Waals surface area contributed by atoms with E-state index >= 15 is 0 Å². The minimum absolute atomic E-state index is 0.217. The lowest BCUT2D eigenvalue weighted by Crippen LogP contribution is -2.27. The largest absolute Gasteiger partial charge is 0.366 e. The Morgan fingerprint density at radius 2 is 2.00 bits per heavy atom.